The Morgan fingerprint density at radius 2 is 1.00 bits per heavy atom. The van der Waals surface area contributed by atoms with Crippen molar-refractivity contribution in [1.82, 2.24) is 5.20 Å². The summed E-state index contributed by atoms with van der Waals surface area (Å²) in [5.41, 5.74) is 8.89. The fourth-order valence-electron chi connectivity index (χ4n) is 2.86. The van der Waals surface area contributed by atoms with Gasteiger partial charge in [0.2, 0.25) is 0 Å². The van der Waals surface area contributed by atoms with E-state index in [0.717, 1.165) is 15.9 Å². The van der Waals surface area contributed by atoms with Gasteiger partial charge in [0.1, 0.15) is 0 Å². The molecule has 0 unspecified atom stereocenters. The van der Waals surface area contributed by atoms with Gasteiger partial charge < -0.3 is 0 Å². The van der Waals surface area contributed by atoms with Crippen molar-refractivity contribution in [2.45, 2.75) is 0 Å². The molecule has 3 aromatic rings. The molecule has 0 aliphatic rings. The average molecular weight is 320 g/mol. The molecular weight excluding hydrogens is 303 g/mol. The molecule has 0 fully saturated rings. The van der Waals surface area contributed by atoms with Gasteiger partial charge in [-0.3, -0.25) is 0 Å². The van der Waals surface area contributed by atoms with Crippen molar-refractivity contribution < 1.29 is 0 Å². The molecule has 114 valence electrons. The molecule has 3 rings (SSSR count). The third-order valence-electron chi connectivity index (χ3n) is 3.88. The molecule has 0 radical (unpaired) electrons. The van der Waals surface area contributed by atoms with Gasteiger partial charge in [0.05, 0.1) is 0 Å². The minimum atomic E-state index is -2.62. The van der Waals surface area contributed by atoms with Crippen LogP contribution in [-0.2, 0) is 0 Å². The molecule has 0 bridgehead atoms. The first kappa shape index (κ1) is 15.1. The Balaban J connectivity index is 2.32. The minimum absolute atomic E-state index is 1.14. The zero-order chi connectivity index (χ0) is 16.0. The first-order valence-corrected chi connectivity index (χ1v) is 9.36. The van der Waals surface area contributed by atoms with E-state index in [1.165, 1.54) is 0 Å². The summed E-state index contributed by atoms with van der Waals surface area (Å²) < 4.78 is 0. The SMILES string of the molecule is [N-]=[N+]=NN[PH](c1ccccc1)(c1ccccc1)c1ccccc1. The van der Waals surface area contributed by atoms with Gasteiger partial charge >= 0.3 is 135 Å². The van der Waals surface area contributed by atoms with E-state index in [1.807, 2.05) is 54.6 Å². The third kappa shape index (κ3) is 2.91. The third-order valence-corrected chi connectivity index (χ3v) is 7.92. The van der Waals surface area contributed by atoms with Crippen LogP contribution in [0.5, 0.6) is 0 Å². The molecule has 0 aliphatic carbocycles. The summed E-state index contributed by atoms with van der Waals surface area (Å²) in [7, 11) is -2.62. The van der Waals surface area contributed by atoms with E-state index in [1.54, 1.807) is 0 Å². The van der Waals surface area contributed by atoms with Gasteiger partial charge in [-0.25, -0.2) is 0 Å². The van der Waals surface area contributed by atoms with E-state index in [2.05, 4.69) is 51.7 Å². The molecule has 5 heteroatoms. The van der Waals surface area contributed by atoms with Gasteiger partial charge in [-0.2, -0.15) is 0 Å². The van der Waals surface area contributed by atoms with Crippen molar-refractivity contribution in [3.05, 3.63) is 101 Å². The van der Waals surface area contributed by atoms with Crippen LogP contribution in [0.1, 0.15) is 0 Å². The standard InChI is InChI=1S/C18H17N4P/c19-20-21-22-23(16-10-4-1-5-11-16,17-12-6-2-7-13-17)18-14-8-3-9-15-18/h1-15,22-23H. The second-order valence-corrected chi connectivity index (χ2v) is 8.60. The molecule has 0 aromatic heterocycles. The summed E-state index contributed by atoms with van der Waals surface area (Å²) in [6.45, 7) is 0. The van der Waals surface area contributed by atoms with Crippen LogP contribution in [0.25, 0.3) is 10.4 Å². The summed E-state index contributed by atoms with van der Waals surface area (Å²) in [6, 6.07) is 30.6. The van der Waals surface area contributed by atoms with Crippen LogP contribution in [0.3, 0.4) is 0 Å². The fourth-order valence-corrected chi connectivity index (χ4v) is 6.51. The number of nitrogens with zero attached hydrogens (tertiary/aromatic N) is 3. The normalized spacial score (nSPS) is 11.3. The maximum absolute atomic E-state index is 8.89. The van der Waals surface area contributed by atoms with Crippen molar-refractivity contribution in [3.63, 3.8) is 0 Å². The molecule has 0 amide bonds. The molecule has 0 atom stereocenters. The molecule has 23 heavy (non-hydrogen) atoms. The molecule has 4 nitrogen and oxygen atoms in total. The van der Waals surface area contributed by atoms with E-state index in [9.17, 15) is 0 Å². The van der Waals surface area contributed by atoms with Crippen molar-refractivity contribution in [2.24, 2.45) is 5.22 Å². The number of nitrogens with one attached hydrogen (secondary N) is 1. The molecule has 0 saturated carbocycles. The molecule has 1 N–H and O–H groups in total. The Morgan fingerprint density at radius 3 is 1.30 bits per heavy atom. The van der Waals surface area contributed by atoms with Crippen molar-refractivity contribution in [1.29, 1.82) is 0 Å². The average Bonchev–Trinajstić information content (AvgIpc) is 2.65. The molecular formula is C18H17N4P. The molecule has 0 heterocycles. The van der Waals surface area contributed by atoms with Crippen LogP contribution < -0.4 is 21.1 Å². The topological polar surface area (TPSA) is 60.8 Å². The number of rotatable bonds is 5. The quantitative estimate of drug-likeness (QED) is 0.253. The van der Waals surface area contributed by atoms with E-state index in [4.69, 9.17) is 5.53 Å². The zero-order valence-corrected chi connectivity index (χ0v) is 13.5. The van der Waals surface area contributed by atoms with E-state index in [-0.39, 0.29) is 0 Å². The van der Waals surface area contributed by atoms with Crippen LogP contribution in [0.15, 0.2) is 96.2 Å². The van der Waals surface area contributed by atoms with E-state index >= 15 is 0 Å². The van der Waals surface area contributed by atoms with Crippen molar-refractivity contribution in [3.8, 4) is 0 Å². The van der Waals surface area contributed by atoms with Crippen LogP contribution in [-0.4, -0.2) is 0 Å². The van der Waals surface area contributed by atoms with Crippen molar-refractivity contribution in [2.75, 3.05) is 0 Å². The second kappa shape index (κ2) is 6.97. The van der Waals surface area contributed by atoms with Crippen LogP contribution in [0, 0.1) is 0 Å². The van der Waals surface area contributed by atoms with Gasteiger partial charge in [-0.05, 0) is 0 Å². The van der Waals surface area contributed by atoms with Gasteiger partial charge in [0.25, 0.3) is 0 Å². The Hall–Kier alpha value is -2.80. The molecule has 3 aromatic carbocycles. The Bertz CT molecular complexity index is 704. The molecule has 0 aliphatic heterocycles. The first-order valence-electron chi connectivity index (χ1n) is 7.36. The Labute approximate surface area is 135 Å². The predicted octanol–water partition coefficient (Wildman–Crippen LogP) is 3.44. The van der Waals surface area contributed by atoms with Crippen molar-refractivity contribution >= 4 is 23.3 Å². The second-order valence-electron chi connectivity index (χ2n) is 5.15. The number of hydrogen-bond acceptors (Lipinski definition) is 1. The van der Waals surface area contributed by atoms with Gasteiger partial charge in [0, 0.05) is 0 Å². The number of hydrogen-bond donors (Lipinski definition) is 1. The van der Waals surface area contributed by atoms with E-state index in [0.29, 0.717) is 0 Å². The van der Waals surface area contributed by atoms with Crippen LogP contribution in [0.4, 0.5) is 0 Å². The summed E-state index contributed by atoms with van der Waals surface area (Å²) in [5.74, 6) is 0. The molecule has 0 saturated heterocycles. The summed E-state index contributed by atoms with van der Waals surface area (Å²) in [4.78, 5) is 2.95. The van der Waals surface area contributed by atoms with Gasteiger partial charge in [0.15, 0.2) is 0 Å². The van der Waals surface area contributed by atoms with Crippen LogP contribution in [0.2, 0.25) is 0 Å². The Kier molecular flexibility index (Phi) is 4.58. The number of azide groups is 1. The maximum atomic E-state index is 8.89. The number of benzene rings is 3. The van der Waals surface area contributed by atoms with E-state index < -0.39 is 7.41 Å². The summed E-state index contributed by atoms with van der Waals surface area (Å²) in [5, 5.41) is 10.4. The fraction of sp³-hybridized carbons (Fsp3) is 0. The van der Waals surface area contributed by atoms with Gasteiger partial charge in [-0.1, -0.05) is 0 Å². The van der Waals surface area contributed by atoms with Gasteiger partial charge in [-0.15, -0.1) is 0 Å². The first-order chi connectivity index (χ1) is 11.4. The predicted molar refractivity (Wildman–Crippen MR) is 98.8 cm³/mol. The molecule has 0 spiro atoms. The Morgan fingerprint density at radius 1 is 0.652 bits per heavy atom. The van der Waals surface area contributed by atoms with Crippen LogP contribution >= 0.6 is 7.41 Å². The zero-order valence-electron chi connectivity index (χ0n) is 12.5. The summed E-state index contributed by atoms with van der Waals surface area (Å²) >= 11 is 0. The monoisotopic (exact) mass is 320 g/mol. The summed E-state index contributed by atoms with van der Waals surface area (Å²) in [6.07, 6.45) is 0.